The van der Waals surface area contributed by atoms with E-state index in [4.69, 9.17) is 9.73 Å². The monoisotopic (exact) mass is 526 g/mol. The molecule has 0 aromatic heterocycles. The number of rotatable bonds is 7. The van der Waals surface area contributed by atoms with E-state index in [0.717, 1.165) is 42.6 Å². The normalized spacial score (nSPS) is 18.3. The van der Waals surface area contributed by atoms with Crippen molar-refractivity contribution in [1.29, 1.82) is 0 Å². The van der Waals surface area contributed by atoms with E-state index in [1.54, 1.807) is 12.1 Å². The number of carboxylic acid groups (broad SMARTS) is 1. The lowest BCUT2D eigenvalue weighted by atomic mass is 9.94. The molecule has 0 atom stereocenters. The van der Waals surface area contributed by atoms with Crippen LogP contribution in [0.2, 0.25) is 0 Å². The van der Waals surface area contributed by atoms with Crippen LogP contribution in [0.1, 0.15) is 59.2 Å². The van der Waals surface area contributed by atoms with Gasteiger partial charge in [0, 0.05) is 6.04 Å². The third-order valence-corrected chi connectivity index (χ3v) is 7.76. The van der Waals surface area contributed by atoms with E-state index in [-0.39, 0.29) is 17.5 Å². The Balaban J connectivity index is 1.40. The van der Waals surface area contributed by atoms with Gasteiger partial charge in [0.05, 0.1) is 16.2 Å². The summed E-state index contributed by atoms with van der Waals surface area (Å²) >= 11 is 1.34. The summed E-state index contributed by atoms with van der Waals surface area (Å²) in [4.78, 5) is 32.2. The number of benzene rings is 3. The van der Waals surface area contributed by atoms with Crippen molar-refractivity contribution in [2.45, 2.75) is 51.7 Å². The molecule has 194 valence electrons. The van der Waals surface area contributed by atoms with E-state index < -0.39 is 5.97 Å². The number of hydrogen-bond donors (Lipinski definition) is 1. The summed E-state index contributed by atoms with van der Waals surface area (Å²) in [7, 11) is 0. The summed E-state index contributed by atoms with van der Waals surface area (Å²) in [5.74, 6) is -0.323. The summed E-state index contributed by atoms with van der Waals surface area (Å²) in [5.41, 5.74) is 3.87. The lowest BCUT2D eigenvalue weighted by Gasteiger charge is -2.30. The minimum absolute atomic E-state index is 0.0546. The number of carboxylic acids is 1. The quantitative estimate of drug-likeness (QED) is 0.329. The molecule has 1 saturated heterocycles. The fourth-order valence-electron chi connectivity index (χ4n) is 4.74. The van der Waals surface area contributed by atoms with Crippen LogP contribution < -0.4 is 4.74 Å². The average molecular weight is 527 g/mol. The van der Waals surface area contributed by atoms with Crippen molar-refractivity contribution in [3.8, 4) is 5.75 Å². The third-order valence-electron chi connectivity index (χ3n) is 6.78. The highest BCUT2D eigenvalue weighted by Gasteiger charge is 2.38. The highest BCUT2D eigenvalue weighted by Crippen LogP contribution is 2.38. The lowest BCUT2D eigenvalue weighted by molar-refractivity contribution is -0.124. The highest BCUT2D eigenvalue weighted by molar-refractivity contribution is 8.18. The maximum Gasteiger partial charge on any atom is 0.335 e. The van der Waals surface area contributed by atoms with Gasteiger partial charge in [-0.25, -0.2) is 9.79 Å². The van der Waals surface area contributed by atoms with E-state index in [1.807, 2.05) is 35.2 Å². The first kappa shape index (κ1) is 25.8. The summed E-state index contributed by atoms with van der Waals surface area (Å²) in [5, 5.41) is 9.97. The van der Waals surface area contributed by atoms with Crippen molar-refractivity contribution in [2.75, 3.05) is 0 Å². The van der Waals surface area contributed by atoms with Gasteiger partial charge >= 0.3 is 5.97 Å². The molecule has 0 spiro atoms. The van der Waals surface area contributed by atoms with E-state index in [0.29, 0.717) is 22.4 Å². The standard InChI is InChI=1S/C31H30N2O4S/c1-21-13-15-22(16-14-21)20-37-27-12-5-7-23(17-27)18-28-29(34)33(26-10-3-2-4-11-26)31(38-28)32-25-9-6-8-24(19-25)30(35)36/h5-9,12-19,26H,2-4,10-11,20H2,1H3,(H,35,36)/b28-18-,32-31?. The molecule has 2 fully saturated rings. The molecular weight excluding hydrogens is 496 g/mol. The fourth-order valence-corrected chi connectivity index (χ4v) is 5.80. The Morgan fingerprint density at radius 3 is 2.58 bits per heavy atom. The van der Waals surface area contributed by atoms with E-state index in [2.05, 4.69) is 31.2 Å². The van der Waals surface area contributed by atoms with Crippen molar-refractivity contribution in [3.63, 3.8) is 0 Å². The van der Waals surface area contributed by atoms with Crippen LogP contribution in [-0.2, 0) is 11.4 Å². The number of aliphatic imine (C=N–C) groups is 1. The van der Waals surface area contributed by atoms with Gasteiger partial charge in [-0.1, -0.05) is 67.3 Å². The van der Waals surface area contributed by atoms with Gasteiger partial charge in [0.1, 0.15) is 12.4 Å². The van der Waals surface area contributed by atoms with Crippen LogP contribution in [0.15, 0.2) is 82.7 Å². The van der Waals surface area contributed by atoms with Gasteiger partial charge in [0.25, 0.3) is 5.91 Å². The highest BCUT2D eigenvalue weighted by atomic mass is 32.2. The molecule has 1 heterocycles. The van der Waals surface area contributed by atoms with Gasteiger partial charge in [-0.2, -0.15) is 0 Å². The molecule has 1 N–H and O–H groups in total. The number of nitrogens with zero attached hydrogens (tertiary/aromatic N) is 2. The molecule has 6 nitrogen and oxygen atoms in total. The van der Waals surface area contributed by atoms with E-state index in [9.17, 15) is 14.7 Å². The van der Waals surface area contributed by atoms with Crippen molar-refractivity contribution in [3.05, 3.63) is 100.0 Å². The zero-order valence-corrected chi connectivity index (χ0v) is 22.1. The van der Waals surface area contributed by atoms with Crippen molar-refractivity contribution in [1.82, 2.24) is 4.90 Å². The molecule has 3 aromatic carbocycles. The van der Waals surface area contributed by atoms with E-state index in [1.165, 1.54) is 35.9 Å². The Morgan fingerprint density at radius 2 is 1.82 bits per heavy atom. The van der Waals surface area contributed by atoms with Crippen LogP contribution in [0.25, 0.3) is 6.08 Å². The van der Waals surface area contributed by atoms with Gasteiger partial charge in [-0.15, -0.1) is 0 Å². The second kappa shape index (κ2) is 11.7. The first-order valence-electron chi connectivity index (χ1n) is 12.9. The predicted octanol–water partition coefficient (Wildman–Crippen LogP) is 7.21. The van der Waals surface area contributed by atoms with Crippen LogP contribution in [0, 0.1) is 6.92 Å². The molecule has 1 saturated carbocycles. The number of carbonyl (C=O) groups excluding carboxylic acids is 1. The molecule has 3 aromatic rings. The number of amides is 1. The SMILES string of the molecule is Cc1ccc(COc2cccc(/C=C3\SC(=Nc4cccc(C(=O)O)c4)N(C4CCCCC4)C3=O)c2)cc1. The van der Waals surface area contributed by atoms with Gasteiger partial charge in [0.2, 0.25) is 0 Å². The smallest absolute Gasteiger partial charge is 0.335 e. The van der Waals surface area contributed by atoms with Crippen LogP contribution in [-0.4, -0.2) is 33.1 Å². The summed E-state index contributed by atoms with van der Waals surface area (Å²) in [6, 6.07) is 22.6. The van der Waals surface area contributed by atoms with Crippen LogP contribution >= 0.6 is 11.8 Å². The summed E-state index contributed by atoms with van der Waals surface area (Å²) in [6.45, 7) is 2.53. The fraction of sp³-hybridized carbons (Fsp3) is 0.258. The molecule has 0 radical (unpaired) electrons. The van der Waals surface area contributed by atoms with Crippen LogP contribution in [0.3, 0.4) is 0 Å². The minimum atomic E-state index is -1.00. The van der Waals surface area contributed by atoms with Gasteiger partial charge < -0.3 is 9.84 Å². The molecule has 0 bridgehead atoms. The molecule has 1 aliphatic carbocycles. The topological polar surface area (TPSA) is 79.2 Å². The minimum Gasteiger partial charge on any atom is -0.489 e. The number of amidine groups is 1. The first-order chi connectivity index (χ1) is 18.5. The number of ether oxygens (including phenoxy) is 1. The number of carbonyl (C=O) groups is 2. The Kier molecular flexibility index (Phi) is 7.94. The predicted molar refractivity (Wildman–Crippen MR) is 152 cm³/mol. The maximum atomic E-state index is 13.6. The Hall–Kier alpha value is -3.84. The number of aryl methyl sites for hydroxylation is 1. The summed E-state index contributed by atoms with van der Waals surface area (Å²) in [6.07, 6.45) is 7.11. The second-order valence-electron chi connectivity index (χ2n) is 9.67. The Labute approximate surface area is 227 Å². The van der Waals surface area contributed by atoms with E-state index >= 15 is 0 Å². The molecule has 0 unspecified atom stereocenters. The largest absolute Gasteiger partial charge is 0.489 e. The van der Waals surface area contributed by atoms with Crippen molar-refractivity contribution in [2.24, 2.45) is 4.99 Å². The van der Waals surface area contributed by atoms with Crippen molar-refractivity contribution >= 4 is 40.6 Å². The lowest BCUT2D eigenvalue weighted by Crippen LogP contribution is -2.40. The summed E-state index contributed by atoms with van der Waals surface area (Å²) < 4.78 is 6.01. The third kappa shape index (κ3) is 6.17. The number of aromatic carboxylic acids is 1. The molecule has 7 heteroatoms. The van der Waals surface area contributed by atoms with Crippen LogP contribution in [0.5, 0.6) is 5.75 Å². The molecule has 38 heavy (non-hydrogen) atoms. The van der Waals surface area contributed by atoms with Gasteiger partial charge in [-0.05, 0) is 79.1 Å². The Bertz CT molecular complexity index is 1390. The molecule has 2 aliphatic rings. The molecule has 1 aliphatic heterocycles. The van der Waals surface area contributed by atoms with Gasteiger partial charge in [-0.3, -0.25) is 9.69 Å². The zero-order valence-electron chi connectivity index (χ0n) is 21.3. The first-order valence-corrected chi connectivity index (χ1v) is 13.7. The van der Waals surface area contributed by atoms with Crippen LogP contribution in [0.4, 0.5) is 5.69 Å². The number of thioether (sulfide) groups is 1. The van der Waals surface area contributed by atoms with Gasteiger partial charge in [0.15, 0.2) is 5.17 Å². The molecular formula is C31H30N2O4S. The maximum absolute atomic E-state index is 13.6. The Morgan fingerprint density at radius 1 is 1.05 bits per heavy atom. The second-order valence-corrected chi connectivity index (χ2v) is 10.7. The molecule has 5 rings (SSSR count). The van der Waals surface area contributed by atoms with Crippen molar-refractivity contribution < 1.29 is 19.4 Å². The number of hydrogen-bond acceptors (Lipinski definition) is 5. The average Bonchev–Trinajstić information content (AvgIpc) is 3.23. The zero-order chi connectivity index (χ0) is 26.5. The molecule has 1 amide bonds.